The van der Waals surface area contributed by atoms with E-state index in [4.69, 9.17) is 9.47 Å². The predicted octanol–water partition coefficient (Wildman–Crippen LogP) is 4.44. The van der Waals surface area contributed by atoms with Gasteiger partial charge in [-0.05, 0) is 57.2 Å². The van der Waals surface area contributed by atoms with Gasteiger partial charge < -0.3 is 25.4 Å². The highest BCUT2D eigenvalue weighted by Gasteiger charge is 2.22. The molecule has 2 saturated heterocycles. The Morgan fingerprint density at radius 2 is 1.37 bits per heavy atom. The molecule has 0 unspecified atom stereocenters. The molecule has 2 heterocycles. The van der Waals surface area contributed by atoms with Crippen molar-refractivity contribution in [1.29, 1.82) is 0 Å². The summed E-state index contributed by atoms with van der Waals surface area (Å²) < 4.78 is 10.7. The Hall–Kier alpha value is -2.32. The smallest absolute Gasteiger partial charge is 0.407 e. The van der Waals surface area contributed by atoms with Gasteiger partial charge >= 0.3 is 12.2 Å². The van der Waals surface area contributed by atoms with Crippen LogP contribution in [-0.2, 0) is 16.0 Å². The number of carbonyl (C=O) groups is 2. The highest BCUT2D eigenvalue weighted by Crippen LogP contribution is 2.16. The first kappa shape index (κ1) is 28.9. The lowest BCUT2D eigenvalue weighted by Crippen LogP contribution is -2.39. The standard InChI is InChI=1S/C17H26N2O2.C10H20N2O2/c1-2-3-11-18-17(20)21-16-9-12-19(13-10-16)14-15-7-5-4-6-8-15;1-2-3-6-12-10(13)14-9-4-7-11-8-5-9/h4-8,16H,2-3,9-14H2,1H3,(H,18,20);9,11H,2-8H2,1H3,(H,12,13). The molecule has 2 amide bonds. The SMILES string of the molecule is CCCCNC(=O)OC1CCN(Cc2ccccc2)CC1.CCCCNC(=O)OC1CCNCC1. The fourth-order valence-corrected chi connectivity index (χ4v) is 4.06. The number of carbonyl (C=O) groups excluding carboxylic acids is 2. The van der Waals surface area contributed by atoms with Gasteiger partial charge in [0.05, 0.1) is 0 Å². The van der Waals surface area contributed by atoms with E-state index >= 15 is 0 Å². The lowest BCUT2D eigenvalue weighted by molar-refractivity contribution is 0.0487. The number of amides is 2. The number of piperidine rings is 2. The Morgan fingerprint density at radius 3 is 1.89 bits per heavy atom. The summed E-state index contributed by atoms with van der Waals surface area (Å²) in [5.41, 5.74) is 1.34. The van der Waals surface area contributed by atoms with E-state index in [0.717, 1.165) is 90.6 Å². The van der Waals surface area contributed by atoms with E-state index < -0.39 is 0 Å². The summed E-state index contributed by atoms with van der Waals surface area (Å²) in [5.74, 6) is 0. The monoisotopic (exact) mass is 490 g/mol. The van der Waals surface area contributed by atoms with Crippen LogP contribution in [-0.4, -0.2) is 68.6 Å². The molecule has 0 spiro atoms. The summed E-state index contributed by atoms with van der Waals surface area (Å²) in [6.07, 6.45) is 7.56. The summed E-state index contributed by atoms with van der Waals surface area (Å²) in [6, 6.07) is 10.5. The first-order valence-corrected chi connectivity index (χ1v) is 13.5. The first-order valence-electron chi connectivity index (χ1n) is 13.5. The molecule has 1 aromatic rings. The Balaban J connectivity index is 0.000000269. The molecule has 1 aromatic carbocycles. The molecule has 3 rings (SSSR count). The number of nitrogens with one attached hydrogen (secondary N) is 3. The molecule has 0 aromatic heterocycles. The second-order valence-electron chi connectivity index (χ2n) is 9.28. The first-order chi connectivity index (χ1) is 17.1. The van der Waals surface area contributed by atoms with Crippen LogP contribution in [0.5, 0.6) is 0 Å². The van der Waals surface area contributed by atoms with Crippen molar-refractivity contribution in [1.82, 2.24) is 20.9 Å². The van der Waals surface area contributed by atoms with Crippen LogP contribution in [0.1, 0.15) is 70.8 Å². The molecule has 0 radical (unpaired) electrons. The van der Waals surface area contributed by atoms with Gasteiger partial charge in [0.15, 0.2) is 0 Å². The van der Waals surface area contributed by atoms with Crippen molar-refractivity contribution in [2.24, 2.45) is 0 Å². The van der Waals surface area contributed by atoms with E-state index in [1.54, 1.807) is 0 Å². The van der Waals surface area contributed by atoms with E-state index in [1.165, 1.54) is 5.56 Å². The molecule has 3 N–H and O–H groups in total. The maximum atomic E-state index is 11.6. The van der Waals surface area contributed by atoms with Crippen LogP contribution >= 0.6 is 0 Å². The van der Waals surface area contributed by atoms with Gasteiger partial charge in [0.2, 0.25) is 0 Å². The van der Waals surface area contributed by atoms with Crippen molar-refractivity contribution in [3.05, 3.63) is 35.9 Å². The molecule has 0 atom stereocenters. The van der Waals surface area contributed by atoms with Gasteiger partial charge in [-0.3, -0.25) is 4.90 Å². The highest BCUT2D eigenvalue weighted by molar-refractivity contribution is 5.67. The number of ether oxygens (including phenoxy) is 2. The number of rotatable bonds is 10. The lowest BCUT2D eigenvalue weighted by atomic mass is 10.1. The van der Waals surface area contributed by atoms with Gasteiger partial charge in [-0.2, -0.15) is 0 Å². The summed E-state index contributed by atoms with van der Waals surface area (Å²) >= 11 is 0. The zero-order valence-corrected chi connectivity index (χ0v) is 21.7. The fraction of sp³-hybridized carbons (Fsp3) is 0.704. The van der Waals surface area contributed by atoms with E-state index in [9.17, 15) is 9.59 Å². The fourth-order valence-electron chi connectivity index (χ4n) is 4.06. The molecule has 2 aliphatic rings. The van der Waals surface area contributed by atoms with Crippen LogP contribution in [0.2, 0.25) is 0 Å². The minimum Gasteiger partial charge on any atom is -0.446 e. The second-order valence-corrected chi connectivity index (χ2v) is 9.28. The van der Waals surface area contributed by atoms with Crippen molar-refractivity contribution < 1.29 is 19.1 Å². The van der Waals surface area contributed by atoms with Gasteiger partial charge in [0.25, 0.3) is 0 Å². The van der Waals surface area contributed by atoms with Gasteiger partial charge in [0, 0.05) is 32.7 Å². The minimum atomic E-state index is -0.259. The van der Waals surface area contributed by atoms with Crippen molar-refractivity contribution in [2.75, 3.05) is 39.3 Å². The van der Waals surface area contributed by atoms with Gasteiger partial charge in [-0.15, -0.1) is 0 Å². The van der Waals surface area contributed by atoms with Crippen LogP contribution < -0.4 is 16.0 Å². The number of unbranched alkanes of at least 4 members (excludes halogenated alkanes) is 2. The number of hydrogen-bond acceptors (Lipinski definition) is 6. The molecule has 2 aliphatic heterocycles. The van der Waals surface area contributed by atoms with E-state index in [-0.39, 0.29) is 24.4 Å². The second kappa shape index (κ2) is 18.0. The number of likely N-dealkylation sites (tertiary alicyclic amines) is 1. The topological polar surface area (TPSA) is 91.9 Å². The Labute approximate surface area is 211 Å². The molecule has 8 heteroatoms. The summed E-state index contributed by atoms with van der Waals surface area (Å²) in [4.78, 5) is 25.3. The molecule has 0 aliphatic carbocycles. The predicted molar refractivity (Wildman–Crippen MR) is 139 cm³/mol. The largest absolute Gasteiger partial charge is 0.446 e. The normalized spacial score (nSPS) is 17.1. The van der Waals surface area contributed by atoms with E-state index in [0.29, 0.717) is 6.54 Å². The number of benzene rings is 1. The molecule has 2 fully saturated rings. The highest BCUT2D eigenvalue weighted by atomic mass is 16.6. The maximum Gasteiger partial charge on any atom is 0.407 e. The Kier molecular flexibility index (Phi) is 14.9. The summed E-state index contributed by atoms with van der Waals surface area (Å²) in [6.45, 7) is 10.5. The molecule has 8 nitrogen and oxygen atoms in total. The molecule has 0 bridgehead atoms. The van der Waals surface area contributed by atoms with Gasteiger partial charge in [-0.25, -0.2) is 9.59 Å². The number of alkyl carbamates (subject to hydrolysis) is 2. The molecular weight excluding hydrogens is 444 g/mol. The Morgan fingerprint density at radius 1 is 0.857 bits per heavy atom. The van der Waals surface area contributed by atoms with Crippen LogP contribution in [0.15, 0.2) is 30.3 Å². The van der Waals surface area contributed by atoms with E-state index in [2.05, 4.69) is 59.0 Å². The third-order valence-corrected chi connectivity index (χ3v) is 6.22. The van der Waals surface area contributed by atoms with Crippen LogP contribution in [0.4, 0.5) is 9.59 Å². The van der Waals surface area contributed by atoms with Crippen molar-refractivity contribution in [3.63, 3.8) is 0 Å². The Bertz CT molecular complexity index is 690. The molecular formula is C27H46N4O4. The third-order valence-electron chi connectivity index (χ3n) is 6.22. The number of hydrogen-bond donors (Lipinski definition) is 3. The zero-order valence-electron chi connectivity index (χ0n) is 21.7. The zero-order chi connectivity index (χ0) is 25.1. The van der Waals surface area contributed by atoms with Crippen molar-refractivity contribution in [3.8, 4) is 0 Å². The van der Waals surface area contributed by atoms with Gasteiger partial charge in [0.1, 0.15) is 12.2 Å². The van der Waals surface area contributed by atoms with Crippen molar-refractivity contribution >= 4 is 12.2 Å². The summed E-state index contributed by atoms with van der Waals surface area (Å²) in [5, 5.41) is 8.79. The van der Waals surface area contributed by atoms with Crippen molar-refractivity contribution in [2.45, 2.75) is 84.0 Å². The molecule has 0 saturated carbocycles. The lowest BCUT2D eigenvalue weighted by Gasteiger charge is -2.31. The van der Waals surface area contributed by atoms with Crippen LogP contribution in [0, 0.1) is 0 Å². The quantitative estimate of drug-likeness (QED) is 0.420. The number of nitrogens with zero attached hydrogens (tertiary/aromatic N) is 1. The van der Waals surface area contributed by atoms with Crippen LogP contribution in [0.25, 0.3) is 0 Å². The molecule has 35 heavy (non-hydrogen) atoms. The average molecular weight is 491 g/mol. The summed E-state index contributed by atoms with van der Waals surface area (Å²) in [7, 11) is 0. The third kappa shape index (κ3) is 13.4. The average Bonchev–Trinajstić information content (AvgIpc) is 2.87. The van der Waals surface area contributed by atoms with Crippen LogP contribution in [0.3, 0.4) is 0 Å². The maximum absolute atomic E-state index is 11.6. The van der Waals surface area contributed by atoms with E-state index in [1.807, 2.05) is 6.07 Å². The van der Waals surface area contributed by atoms with Gasteiger partial charge in [-0.1, -0.05) is 57.0 Å². The minimum absolute atomic E-state index is 0.0682. The molecule has 198 valence electrons.